The Bertz CT molecular complexity index is 1630. The van der Waals surface area contributed by atoms with Gasteiger partial charge in [0.2, 0.25) is 0 Å². The van der Waals surface area contributed by atoms with E-state index in [2.05, 4.69) is 38.2 Å². The SMILES string of the molecule is N#CN1CCN(Cc2ccc(-n3c(-c4cccnc4N)nc4cnc(-c5ccc(F)cn5)nc43)cc2)CC1. The van der Waals surface area contributed by atoms with Gasteiger partial charge in [0.05, 0.1) is 18.0 Å². The second-order valence-electron chi connectivity index (χ2n) is 9.00. The molecule has 4 aromatic heterocycles. The Hall–Kier alpha value is -4.95. The molecule has 0 saturated carbocycles. The van der Waals surface area contributed by atoms with Crippen LogP contribution < -0.4 is 5.73 Å². The predicted molar refractivity (Wildman–Crippen MR) is 140 cm³/mol. The number of nitrogens with two attached hydrogens (primary N) is 1. The molecule has 6 rings (SSSR count). The van der Waals surface area contributed by atoms with E-state index in [4.69, 9.17) is 21.0 Å². The maximum Gasteiger partial charge on any atom is 0.180 e. The normalized spacial score (nSPS) is 14.1. The van der Waals surface area contributed by atoms with Crippen molar-refractivity contribution in [3.8, 4) is 34.8 Å². The number of rotatable bonds is 5. The van der Waals surface area contributed by atoms with Crippen LogP contribution in [0.25, 0.3) is 39.8 Å². The van der Waals surface area contributed by atoms with Crippen molar-refractivity contribution in [2.75, 3.05) is 31.9 Å². The molecule has 1 aliphatic rings. The maximum absolute atomic E-state index is 13.4. The first-order chi connectivity index (χ1) is 18.6. The molecular formula is C27H23FN10. The number of nitrogen functional groups attached to an aromatic ring is 1. The predicted octanol–water partition coefficient (Wildman–Crippen LogP) is 3.26. The van der Waals surface area contributed by atoms with Crippen molar-refractivity contribution < 1.29 is 4.39 Å². The summed E-state index contributed by atoms with van der Waals surface area (Å²) in [7, 11) is 0. The van der Waals surface area contributed by atoms with Gasteiger partial charge in [-0.2, -0.15) is 5.26 Å². The van der Waals surface area contributed by atoms with Crippen LogP contribution in [0.2, 0.25) is 0 Å². The summed E-state index contributed by atoms with van der Waals surface area (Å²) in [5.41, 5.74) is 10.5. The van der Waals surface area contributed by atoms with Crippen LogP contribution in [0, 0.1) is 17.3 Å². The minimum absolute atomic E-state index is 0.352. The molecule has 10 nitrogen and oxygen atoms in total. The van der Waals surface area contributed by atoms with Crippen molar-refractivity contribution in [3.05, 3.63) is 78.5 Å². The highest BCUT2D eigenvalue weighted by Gasteiger charge is 2.20. The zero-order valence-corrected chi connectivity index (χ0v) is 20.4. The lowest BCUT2D eigenvalue weighted by Gasteiger charge is -2.31. The molecule has 5 heterocycles. The van der Waals surface area contributed by atoms with Crippen molar-refractivity contribution in [3.63, 3.8) is 0 Å². The second-order valence-corrected chi connectivity index (χ2v) is 9.00. The minimum Gasteiger partial charge on any atom is -0.383 e. The molecule has 1 saturated heterocycles. The molecular weight excluding hydrogens is 483 g/mol. The highest BCUT2D eigenvalue weighted by atomic mass is 19.1. The van der Waals surface area contributed by atoms with E-state index in [0.29, 0.717) is 39.9 Å². The number of benzene rings is 1. The Morgan fingerprint density at radius 2 is 1.74 bits per heavy atom. The lowest BCUT2D eigenvalue weighted by atomic mass is 10.1. The van der Waals surface area contributed by atoms with E-state index < -0.39 is 5.82 Å². The summed E-state index contributed by atoms with van der Waals surface area (Å²) in [5, 5.41) is 9.09. The number of nitriles is 1. The fraction of sp³-hybridized carbons (Fsp3) is 0.185. The average Bonchev–Trinajstić information content (AvgIpc) is 3.33. The summed E-state index contributed by atoms with van der Waals surface area (Å²) in [6, 6.07) is 14.8. The number of fused-ring (bicyclic) bond motifs is 1. The van der Waals surface area contributed by atoms with Gasteiger partial charge in [0.1, 0.15) is 22.8 Å². The van der Waals surface area contributed by atoms with E-state index >= 15 is 0 Å². The Labute approximate surface area is 217 Å². The lowest BCUT2D eigenvalue weighted by Crippen LogP contribution is -2.43. The number of imidazole rings is 1. The van der Waals surface area contributed by atoms with Gasteiger partial charge in [0.15, 0.2) is 23.5 Å². The smallest absolute Gasteiger partial charge is 0.180 e. The summed E-state index contributed by atoms with van der Waals surface area (Å²) in [6.45, 7) is 3.99. The van der Waals surface area contributed by atoms with Crippen LogP contribution in [-0.4, -0.2) is 65.5 Å². The number of hydrogen-bond donors (Lipinski definition) is 1. The van der Waals surface area contributed by atoms with Gasteiger partial charge >= 0.3 is 0 Å². The summed E-state index contributed by atoms with van der Waals surface area (Å²) < 4.78 is 15.4. The summed E-state index contributed by atoms with van der Waals surface area (Å²) in [5.74, 6) is 0.869. The molecule has 5 aromatic rings. The van der Waals surface area contributed by atoms with E-state index in [9.17, 15) is 4.39 Å². The zero-order chi connectivity index (χ0) is 26.1. The van der Waals surface area contributed by atoms with Crippen LogP contribution in [0.5, 0.6) is 0 Å². The van der Waals surface area contributed by atoms with E-state index in [1.54, 1.807) is 23.4 Å². The van der Waals surface area contributed by atoms with Crippen molar-refractivity contribution in [1.29, 1.82) is 5.26 Å². The van der Waals surface area contributed by atoms with Crippen molar-refractivity contribution in [1.82, 2.24) is 39.3 Å². The first-order valence-electron chi connectivity index (χ1n) is 12.1. The number of aromatic nitrogens is 6. The van der Waals surface area contributed by atoms with Crippen molar-refractivity contribution in [2.24, 2.45) is 0 Å². The van der Waals surface area contributed by atoms with Crippen LogP contribution >= 0.6 is 0 Å². The molecule has 0 unspecified atom stereocenters. The zero-order valence-electron chi connectivity index (χ0n) is 20.4. The first-order valence-corrected chi connectivity index (χ1v) is 12.1. The molecule has 0 bridgehead atoms. The number of anilines is 1. The Kier molecular flexibility index (Phi) is 6.07. The third-order valence-electron chi connectivity index (χ3n) is 6.55. The van der Waals surface area contributed by atoms with Gasteiger partial charge in [-0.05, 0) is 42.0 Å². The molecule has 2 N–H and O–H groups in total. The molecule has 0 radical (unpaired) electrons. The van der Waals surface area contributed by atoms with Gasteiger partial charge in [0, 0.05) is 44.6 Å². The van der Waals surface area contributed by atoms with Gasteiger partial charge in [-0.25, -0.2) is 29.3 Å². The van der Waals surface area contributed by atoms with Crippen LogP contribution in [-0.2, 0) is 6.54 Å². The van der Waals surface area contributed by atoms with E-state index in [0.717, 1.165) is 50.2 Å². The van der Waals surface area contributed by atoms with Gasteiger partial charge in [-0.15, -0.1) is 0 Å². The average molecular weight is 507 g/mol. The standard InChI is InChI=1S/C27H23FN10/c28-19-5-8-22(32-14-19)25-33-15-23-27(35-25)38(26(34-23)21-2-1-9-31-24(21)30)20-6-3-18(4-7-20)16-36-10-12-37(17-29)13-11-36/h1-9,14-15H,10-13,16H2,(H2,30,31). The molecule has 38 heavy (non-hydrogen) atoms. The largest absolute Gasteiger partial charge is 0.383 e. The fourth-order valence-corrected chi connectivity index (χ4v) is 4.55. The number of piperazine rings is 1. The van der Waals surface area contributed by atoms with Gasteiger partial charge < -0.3 is 10.6 Å². The monoisotopic (exact) mass is 506 g/mol. The molecule has 1 aliphatic heterocycles. The van der Waals surface area contributed by atoms with Crippen LogP contribution in [0.15, 0.2) is 67.1 Å². The summed E-state index contributed by atoms with van der Waals surface area (Å²) in [6.07, 6.45) is 6.62. The van der Waals surface area contributed by atoms with Crippen LogP contribution in [0.4, 0.5) is 10.2 Å². The lowest BCUT2D eigenvalue weighted by molar-refractivity contribution is 0.167. The Balaban J connectivity index is 1.41. The molecule has 0 spiro atoms. The number of halogens is 1. The molecule has 1 aromatic carbocycles. The van der Waals surface area contributed by atoms with Gasteiger partial charge in [-0.1, -0.05) is 12.1 Å². The van der Waals surface area contributed by atoms with Crippen molar-refractivity contribution in [2.45, 2.75) is 6.54 Å². The quantitative estimate of drug-likeness (QED) is 0.358. The fourth-order valence-electron chi connectivity index (χ4n) is 4.55. The van der Waals surface area contributed by atoms with Gasteiger partial charge in [0.25, 0.3) is 0 Å². The maximum atomic E-state index is 13.4. The molecule has 0 amide bonds. The van der Waals surface area contributed by atoms with Crippen molar-refractivity contribution >= 4 is 17.0 Å². The molecule has 188 valence electrons. The third-order valence-corrected chi connectivity index (χ3v) is 6.55. The van der Waals surface area contributed by atoms with Gasteiger partial charge in [-0.3, -0.25) is 9.47 Å². The van der Waals surface area contributed by atoms with E-state index in [1.165, 1.54) is 6.07 Å². The Morgan fingerprint density at radius 3 is 2.45 bits per heavy atom. The third kappa shape index (κ3) is 4.49. The second kappa shape index (κ2) is 9.84. The molecule has 0 atom stereocenters. The highest BCUT2D eigenvalue weighted by molar-refractivity contribution is 5.83. The number of pyridine rings is 2. The minimum atomic E-state index is -0.429. The topological polar surface area (TPSA) is 126 Å². The summed E-state index contributed by atoms with van der Waals surface area (Å²) in [4.78, 5) is 26.5. The summed E-state index contributed by atoms with van der Waals surface area (Å²) >= 11 is 0. The van der Waals surface area contributed by atoms with Crippen LogP contribution in [0.1, 0.15) is 5.56 Å². The number of hydrogen-bond acceptors (Lipinski definition) is 9. The van der Waals surface area contributed by atoms with E-state index in [-0.39, 0.29) is 0 Å². The molecule has 0 aliphatic carbocycles. The molecule has 11 heteroatoms. The van der Waals surface area contributed by atoms with Crippen LogP contribution in [0.3, 0.4) is 0 Å². The first kappa shape index (κ1) is 23.4. The highest BCUT2D eigenvalue weighted by Crippen LogP contribution is 2.31. The Morgan fingerprint density at radius 1 is 0.921 bits per heavy atom. The molecule has 1 fully saturated rings. The number of nitrogens with zero attached hydrogens (tertiary/aromatic N) is 9. The van der Waals surface area contributed by atoms with E-state index in [1.807, 2.05) is 28.8 Å².